The maximum absolute atomic E-state index is 5.85. The zero-order valence-corrected chi connectivity index (χ0v) is 14.2. The molecule has 4 heteroatoms. The van der Waals surface area contributed by atoms with Crippen molar-refractivity contribution in [3.8, 4) is 5.75 Å². The van der Waals surface area contributed by atoms with E-state index in [1.807, 2.05) is 29.8 Å². The maximum Gasteiger partial charge on any atom is 0.119 e. The second kappa shape index (κ2) is 7.16. The molecule has 1 aliphatic rings. The van der Waals surface area contributed by atoms with E-state index in [9.17, 15) is 0 Å². The molecule has 0 amide bonds. The van der Waals surface area contributed by atoms with Crippen molar-refractivity contribution in [2.45, 2.75) is 31.5 Å². The predicted octanol–water partition coefficient (Wildman–Crippen LogP) is 4.37. The molecule has 2 aromatic carbocycles. The van der Waals surface area contributed by atoms with E-state index in [0.717, 1.165) is 17.3 Å². The number of aromatic nitrogens is 1. The number of hydrogen-bond donors (Lipinski definition) is 1. The molecule has 2 unspecified atom stereocenters. The van der Waals surface area contributed by atoms with Crippen LogP contribution in [0.2, 0.25) is 0 Å². The van der Waals surface area contributed by atoms with Gasteiger partial charge in [-0.2, -0.15) is 0 Å². The fraction of sp³-hybridized carbons (Fsp3) is 0.250. The van der Waals surface area contributed by atoms with Crippen LogP contribution in [-0.4, -0.2) is 11.0 Å². The lowest BCUT2D eigenvalue weighted by Crippen LogP contribution is -2.17. The predicted molar refractivity (Wildman–Crippen MR) is 97.3 cm³/mol. The Balaban J connectivity index is 1.27. The van der Waals surface area contributed by atoms with Crippen molar-refractivity contribution in [1.29, 1.82) is 0 Å². The van der Waals surface area contributed by atoms with E-state index in [0.29, 0.717) is 18.6 Å². The molecule has 24 heavy (non-hydrogen) atoms. The Bertz CT molecular complexity index is 756. The Morgan fingerprint density at radius 3 is 2.67 bits per heavy atom. The summed E-state index contributed by atoms with van der Waals surface area (Å²) in [5.41, 5.74) is 2.58. The molecular formula is C20H20N2OS. The van der Waals surface area contributed by atoms with Gasteiger partial charge in [-0.15, -0.1) is 11.3 Å². The van der Waals surface area contributed by atoms with E-state index in [4.69, 9.17) is 4.74 Å². The zero-order valence-electron chi connectivity index (χ0n) is 13.4. The largest absolute Gasteiger partial charge is 0.489 e. The normalized spacial score (nSPS) is 19.2. The van der Waals surface area contributed by atoms with Crippen LogP contribution >= 0.6 is 11.3 Å². The first-order chi connectivity index (χ1) is 11.9. The second-order valence-electron chi connectivity index (χ2n) is 6.10. The smallest absolute Gasteiger partial charge is 0.119 e. The quantitative estimate of drug-likeness (QED) is 0.696. The summed E-state index contributed by atoms with van der Waals surface area (Å²) in [6.45, 7) is 1.48. The number of nitrogens with zero attached hydrogens (tertiary/aromatic N) is 1. The minimum Gasteiger partial charge on any atom is -0.489 e. The molecule has 0 radical (unpaired) electrons. The van der Waals surface area contributed by atoms with Crippen molar-refractivity contribution < 1.29 is 4.74 Å². The van der Waals surface area contributed by atoms with Gasteiger partial charge in [0.15, 0.2) is 0 Å². The van der Waals surface area contributed by atoms with Gasteiger partial charge in [-0.3, -0.25) is 0 Å². The summed E-state index contributed by atoms with van der Waals surface area (Å²) in [5.74, 6) is 1.55. The summed E-state index contributed by atoms with van der Waals surface area (Å²) in [5, 5.41) is 6.77. The summed E-state index contributed by atoms with van der Waals surface area (Å²) >= 11 is 1.71. The molecule has 4 rings (SSSR count). The molecule has 1 aliphatic carbocycles. The molecule has 0 aliphatic heterocycles. The first-order valence-electron chi connectivity index (χ1n) is 8.27. The van der Waals surface area contributed by atoms with Gasteiger partial charge < -0.3 is 10.1 Å². The fourth-order valence-electron chi connectivity index (χ4n) is 2.90. The highest BCUT2D eigenvalue weighted by molar-refractivity contribution is 7.09. The highest BCUT2D eigenvalue weighted by atomic mass is 32.1. The van der Waals surface area contributed by atoms with Crippen LogP contribution in [0, 0.1) is 0 Å². The average molecular weight is 336 g/mol. The summed E-state index contributed by atoms with van der Waals surface area (Å²) in [7, 11) is 0. The Morgan fingerprint density at radius 1 is 1.08 bits per heavy atom. The number of benzene rings is 2. The van der Waals surface area contributed by atoms with E-state index >= 15 is 0 Å². The van der Waals surface area contributed by atoms with Crippen LogP contribution in [0.25, 0.3) is 0 Å². The van der Waals surface area contributed by atoms with Crippen LogP contribution in [0.1, 0.15) is 28.5 Å². The SMILES string of the molecule is c1ccc(COc2ccc(C3CC3NCc3nccs3)cc2)cc1. The van der Waals surface area contributed by atoms with Crippen LogP contribution < -0.4 is 10.1 Å². The molecule has 3 nitrogen and oxygen atoms in total. The Hall–Kier alpha value is -2.17. The summed E-state index contributed by atoms with van der Waals surface area (Å²) < 4.78 is 5.85. The van der Waals surface area contributed by atoms with E-state index in [-0.39, 0.29) is 0 Å². The van der Waals surface area contributed by atoms with Gasteiger partial charge in [0, 0.05) is 30.1 Å². The first kappa shape index (κ1) is 15.4. The zero-order chi connectivity index (χ0) is 16.2. The maximum atomic E-state index is 5.85. The second-order valence-corrected chi connectivity index (χ2v) is 7.08. The van der Waals surface area contributed by atoms with Gasteiger partial charge in [-0.1, -0.05) is 42.5 Å². The molecule has 0 spiro atoms. The Kier molecular flexibility index (Phi) is 4.58. The molecule has 1 fully saturated rings. The minimum absolute atomic E-state index is 0.574. The number of nitrogens with one attached hydrogen (secondary N) is 1. The number of ether oxygens (including phenoxy) is 1. The van der Waals surface area contributed by atoms with Gasteiger partial charge in [-0.25, -0.2) is 4.98 Å². The standard InChI is InChI=1S/C20H20N2OS/c1-2-4-15(5-3-1)14-23-17-8-6-16(7-9-17)18-12-19(18)22-13-20-21-10-11-24-20/h1-11,18-19,22H,12-14H2. The van der Waals surface area contributed by atoms with Gasteiger partial charge in [0.25, 0.3) is 0 Å². The van der Waals surface area contributed by atoms with Crippen LogP contribution in [0.3, 0.4) is 0 Å². The van der Waals surface area contributed by atoms with Crippen LogP contribution in [0.5, 0.6) is 5.75 Å². The minimum atomic E-state index is 0.574. The van der Waals surface area contributed by atoms with E-state index < -0.39 is 0 Å². The fourth-order valence-corrected chi connectivity index (χ4v) is 3.47. The molecule has 122 valence electrons. The van der Waals surface area contributed by atoms with Crippen molar-refractivity contribution in [3.05, 3.63) is 82.3 Å². The molecule has 0 bridgehead atoms. The van der Waals surface area contributed by atoms with E-state index in [1.165, 1.54) is 17.5 Å². The highest BCUT2D eigenvalue weighted by Gasteiger charge is 2.37. The average Bonchev–Trinajstić information content (AvgIpc) is 3.23. The molecule has 3 aromatic rings. The molecule has 2 atom stereocenters. The monoisotopic (exact) mass is 336 g/mol. The molecule has 1 saturated carbocycles. The molecule has 1 aromatic heterocycles. The lowest BCUT2D eigenvalue weighted by atomic mass is 10.1. The van der Waals surface area contributed by atoms with Crippen molar-refractivity contribution >= 4 is 11.3 Å². The van der Waals surface area contributed by atoms with Gasteiger partial charge in [0.1, 0.15) is 17.4 Å². The Morgan fingerprint density at radius 2 is 1.92 bits per heavy atom. The van der Waals surface area contributed by atoms with Crippen LogP contribution in [0.4, 0.5) is 0 Å². The Labute approximate surface area is 146 Å². The van der Waals surface area contributed by atoms with Gasteiger partial charge in [0.2, 0.25) is 0 Å². The molecular weight excluding hydrogens is 316 g/mol. The van der Waals surface area contributed by atoms with Gasteiger partial charge in [-0.05, 0) is 29.7 Å². The van der Waals surface area contributed by atoms with Crippen molar-refractivity contribution in [2.75, 3.05) is 0 Å². The molecule has 1 N–H and O–H groups in total. The third-order valence-electron chi connectivity index (χ3n) is 4.35. The first-order valence-corrected chi connectivity index (χ1v) is 9.15. The van der Waals surface area contributed by atoms with Crippen LogP contribution in [0.15, 0.2) is 66.2 Å². The van der Waals surface area contributed by atoms with E-state index in [2.05, 4.69) is 46.7 Å². The van der Waals surface area contributed by atoms with Crippen molar-refractivity contribution in [2.24, 2.45) is 0 Å². The van der Waals surface area contributed by atoms with Crippen molar-refractivity contribution in [3.63, 3.8) is 0 Å². The summed E-state index contributed by atoms with van der Waals surface area (Å²) in [4.78, 5) is 4.31. The number of thiazole rings is 1. The topological polar surface area (TPSA) is 34.1 Å². The third-order valence-corrected chi connectivity index (χ3v) is 5.13. The summed E-state index contributed by atoms with van der Waals surface area (Å²) in [6, 6.07) is 19.4. The van der Waals surface area contributed by atoms with Gasteiger partial charge >= 0.3 is 0 Å². The van der Waals surface area contributed by atoms with E-state index in [1.54, 1.807) is 11.3 Å². The summed E-state index contributed by atoms with van der Waals surface area (Å²) in [6.07, 6.45) is 3.07. The highest BCUT2D eigenvalue weighted by Crippen LogP contribution is 2.41. The lowest BCUT2D eigenvalue weighted by molar-refractivity contribution is 0.306. The molecule has 1 heterocycles. The number of hydrogen-bond acceptors (Lipinski definition) is 4. The lowest BCUT2D eigenvalue weighted by Gasteiger charge is -2.07. The van der Waals surface area contributed by atoms with Crippen LogP contribution in [-0.2, 0) is 13.2 Å². The third kappa shape index (κ3) is 3.83. The number of rotatable bonds is 7. The van der Waals surface area contributed by atoms with Crippen molar-refractivity contribution in [1.82, 2.24) is 10.3 Å². The molecule has 0 saturated heterocycles. The van der Waals surface area contributed by atoms with Gasteiger partial charge in [0.05, 0.1) is 0 Å².